The predicted molar refractivity (Wildman–Crippen MR) is 137 cm³/mol. The summed E-state index contributed by atoms with van der Waals surface area (Å²) in [6.45, 7) is 7.60. The molecule has 11 heteroatoms. The van der Waals surface area contributed by atoms with E-state index >= 15 is 0 Å². The van der Waals surface area contributed by atoms with Crippen molar-refractivity contribution in [1.29, 1.82) is 0 Å². The van der Waals surface area contributed by atoms with E-state index in [1.165, 1.54) is 12.3 Å². The molecule has 3 aromatic rings. The van der Waals surface area contributed by atoms with Crippen molar-refractivity contribution < 1.29 is 17.5 Å². The molecule has 0 fully saturated rings. The Balaban J connectivity index is 2.01. The van der Waals surface area contributed by atoms with Crippen LogP contribution < -0.4 is 21.1 Å². The lowest BCUT2D eigenvalue weighted by Crippen LogP contribution is -2.28. The van der Waals surface area contributed by atoms with Gasteiger partial charge in [-0.2, -0.15) is 4.98 Å². The van der Waals surface area contributed by atoms with Gasteiger partial charge in [0.25, 0.3) is 0 Å². The number of hydrogen-bond acceptors (Lipinski definition) is 8. The van der Waals surface area contributed by atoms with Crippen LogP contribution in [-0.2, 0) is 15.3 Å². The number of methoxy groups -OCH3 is 1. The maximum atomic E-state index is 14.0. The number of ether oxygens (including phenoxy) is 1. The van der Waals surface area contributed by atoms with Crippen LogP contribution in [0, 0.1) is 5.82 Å². The summed E-state index contributed by atoms with van der Waals surface area (Å²) in [4.78, 5) is 8.54. The van der Waals surface area contributed by atoms with Gasteiger partial charge in [0.15, 0.2) is 15.7 Å². The number of nitrogens with one attached hydrogen (secondary N) is 2. The lowest BCUT2D eigenvalue weighted by Gasteiger charge is -2.24. The maximum Gasteiger partial charge on any atom is 0.229 e. The van der Waals surface area contributed by atoms with Gasteiger partial charge in [0.05, 0.1) is 34.8 Å². The summed E-state index contributed by atoms with van der Waals surface area (Å²) in [7, 11) is -2.16. The number of halogens is 2. The molecule has 2 aromatic carbocycles. The molecule has 0 unspecified atom stereocenters. The standard InChI is InChI=1S/C24H29ClFN5O3S/c1-14(2)35(32,33)21-9-7-16(26)11-19(21)29-22-17(25)12-28-23(31-22)30-18-10-15(24(3,4)13-27)6-8-20(18)34-5/h6-12,14H,13,27H2,1-5H3,(H2,28,29,30,31). The van der Waals surface area contributed by atoms with Crippen molar-refractivity contribution in [3.8, 4) is 5.75 Å². The smallest absolute Gasteiger partial charge is 0.229 e. The third-order valence-electron chi connectivity index (χ3n) is 5.60. The Kier molecular flexibility index (Phi) is 7.88. The fraction of sp³-hybridized carbons (Fsp3) is 0.333. The van der Waals surface area contributed by atoms with Gasteiger partial charge in [-0.15, -0.1) is 0 Å². The molecular weight excluding hydrogens is 493 g/mol. The summed E-state index contributed by atoms with van der Waals surface area (Å²) in [5.74, 6) is 0.225. The van der Waals surface area contributed by atoms with Crippen molar-refractivity contribution in [2.24, 2.45) is 5.73 Å². The minimum absolute atomic E-state index is 0.0227. The molecule has 4 N–H and O–H groups in total. The third-order valence-corrected chi connectivity index (χ3v) is 8.09. The summed E-state index contributed by atoms with van der Waals surface area (Å²) in [6, 6.07) is 9.06. The highest BCUT2D eigenvalue weighted by Gasteiger charge is 2.24. The zero-order valence-corrected chi connectivity index (χ0v) is 21.8. The largest absolute Gasteiger partial charge is 0.495 e. The van der Waals surface area contributed by atoms with Gasteiger partial charge < -0.3 is 21.1 Å². The predicted octanol–water partition coefficient (Wildman–Crippen LogP) is 5.18. The summed E-state index contributed by atoms with van der Waals surface area (Å²) < 4.78 is 45.1. The quantitative estimate of drug-likeness (QED) is 0.329. The maximum absolute atomic E-state index is 14.0. The average molecular weight is 522 g/mol. The van der Waals surface area contributed by atoms with Crippen molar-refractivity contribution in [2.75, 3.05) is 24.3 Å². The van der Waals surface area contributed by atoms with E-state index in [0.29, 0.717) is 18.0 Å². The molecule has 0 aliphatic heterocycles. The van der Waals surface area contributed by atoms with Crippen molar-refractivity contribution in [3.63, 3.8) is 0 Å². The summed E-state index contributed by atoms with van der Waals surface area (Å²) in [5, 5.41) is 5.38. The summed E-state index contributed by atoms with van der Waals surface area (Å²) >= 11 is 6.28. The molecule has 0 saturated carbocycles. The number of benzene rings is 2. The topological polar surface area (TPSA) is 119 Å². The Bertz CT molecular complexity index is 1330. The number of hydrogen-bond donors (Lipinski definition) is 3. The number of anilines is 4. The van der Waals surface area contributed by atoms with Crippen molar-refractivity contribution in [3.05, 3.63) is 59.0 Å². The molecule has 8 nitrogen and oxygen atoms in total. The van der Waals surface area contributed by atoms with E-state index in [-0.39, 0.29) is 32.8 Å². The van der Waals surface area contributed by atoms with Crippen LogP contribution in [0.3, 0.4) is 0 Å². The number of nitrogens with two attached hydrogens (primary N) is 1. The van der Waals surface area contributed by atoms with Crippen LogP contribution >= 0.6 is 11.6 Å². The van der Waals surface area contributed by atoms with E-state index in [0.717, 1.165) is 17.7 Å². The number of sulfone groups is 1. The van der Waals surface area contributed by atoms with Crippen LogP contribution in [0.25, 0.3) is 0 Å². The summed E-state index contributed by atoms with van der Waals surface area (Å²) in [6.07, 6.45) is 1.36. The Labute approximate surface area is 210 Å². The first-order chi connectivity index (χ1) is 16.4. The Morgan fingerprint density at radius 1 is 1.14 bits per heavy atom. The molecule has 0 aliphatic carbocycles. The minimum atomic E-state index is -3.70. The molecular formula is C24H29ClFN5O3S. The molecule has 0 atom stereocenters. The van der Waals surface area contributed by atoms with Gasteiger partial charge in [-0.25, -0.2) is 17.8 Å². The minimum Gasteiger partial charge on any atom is -0.495 e. The lowest BCUT2D eigenvalue weighted by molar-refractivity contribution is 0.416. The highest BCUT2D eigenvalue weighted by atomic mass is 35.5. The van der Waals surface area contributed by atoms with E-state index < -0.39 is 20.9 Å². The molecule has 35 heavy (non-hydrogen) atoms. The molecule has 0 amide bonds. The second-order valence-corrected chi connectivity index (χ2v) is 11.8. The first-order valence-corrected chi connectivity index (χ1v) is 12.8. The van der Waals surface area contributed by atoms with Crippen LogP contribution in [0.15, 0.2) is 47.5 Å². The van der Waals surface area contributed by atoms with Crippen LogP contribution in [0.4, 0.5) is 27.5 Å². The van der Waals surface area contributed by atoms with Gasteiger partial charge in [-0.1, -0.05) is 31.5 Å². The fourth-order valence-electron chi connectivity index (χ4n) is 3.21. The Morgan fingerprint density at radius 3 is 2.49 bits per heavy atom. The molecule has 0 saturated heterocycles. The van der Waals surface area contributed by atoms with E-state index in [4.69, 9.17) is 22.1 Å². The molecule has 0 aliphatic rings. The van der Waals surface area contributed by atoms with E-state index in [1.807, 2.05) is 32.0 Å². The normalized spacial score (nSPS) is 12.0. The van der Waals surface area contributed by atoms with Crippen LogP contribution in [0.1, 0.15) is 33.3 Å². The molecule has 1 heterocycles. The first kappa shape index (κ1) is 26.7. The van der Waals surface area contributed by atoms with Crippen molar-refractivity contribution in [1.82, 2.24) is 9.97 Å². The molecule has 0 radical (unpaired) electrons. The van der Waals surface area contributed by atoms with Crippen molar-refractivity contribution in [2.45, 2.75) is 43.3 Å². The molecule has 0 spiro atoms. The van der Waals surface area contributed by atoms with Gasteiger partial charge in [0.2, 0.25) is 5.95 Å². The van der Waals surface area contributed by atoms with Gasteiger partial charge in [0, 0.05) is 12.0 Å². The van der Waals surface area contributed by atoms with Gasteiger partial charge in [-0.3, -0.25) is 0 Å². The van der Waals surface area contributed by atoms with Crippen LogP contribution in [0.5, 0.6) is 5.75 Å². The molecule has 1 aromatic heterocycles. The van der Waals surface area contributed by atoms with Gasteiger partial charge in [0.1, 0.15) is 16.6 Å². The molecule has 3 rings (SSSR count). The number of nitrogens with zero attached hydrogens (tertiary/aromatic N) is 2. The van der Waals surface area contributed by atoms with Gasteiger partial charge >= 0.3 is 0 Å². The Hall–Kier alpha value is -2.95. The molecule has 0 bridgehead atoms. The first-order valence-electron chi connectivity index (χ1n) is 10.9. The van der Waals surface area contributed by atoms with Crippen LogP contribution in [0.2, 0.25) is 5.02 Å². The molecule has 188 valence electrons. The van der Waals surface area contributed by atoms with E-state index in [2.05, 4.69) is 20.6 Å². The van der Waals surface area contributed by atoms with E-state index in [1.54, 1.807) is 21.0 Å². The second-order valence-electron chi connectivity index (χ2n) is 8.88. The van der Waals surface area contributed by atoms with Crippen molar-refractivity contribution >= 4 is 44.6 Å². The second kappa shape index (κ2) is 10.3. The summed E-state index contributed by atoms with van der Waals surface area (Å²) in [5.41, 5.74) is 7.27. The highest BCUT2D eigenvalue weighted by molar-refractivity contribution is 7.92. The van der Waals surface area contributed by atoms with E-state index in [9.17, 15) is 12.8 Å². The van der Waals surface area contributed by atoms with Gasteiger partial charge in [-0.05, 0) is 49.7 Å². The third kappa shape index (κ3) is 5.83. The SMILES string of the molecule is COc1ccc(C(C)(C)CN)cc1Nc1ncc(Cl)c(Nc2cc(F)ccc2S(=O)(=O)C(C)C)n1. The highest BCUT2D eigenvalue weighted by Crippen LogP contribution is 2.34. The Morgan fingerprint density at radius 2 is 1.86 bits per heavy atom. The lowest BCUT2D eigenvalue weighted by atomic mass is 9.84. The number of aromatic nitrogens is 2. The average Bonchev–Trinajstić information content (AvgIpc) is 2.81. The fourth-order valence-corrected chi connectivity index (χ4v) is 4.53. The van der Waals surface area contributed by atoms with Crippen LogP contribution in [-0.4, -0.2) is 37.3 Å². The number of rotatable bonds is 9. The zero-order valence-electron chi connectivity index (χ0n) is 20.2. The zero-order chi connectivity index (χ0) is 26.0. The monoisotopic (exact) mass is 521 g/mol.